The predicted molar refractivity (Wildman–Crippen MR) is 72.0 cm³/mol. The molecule has 0 radical (unpaired) electrons. The Morgan fingerprint density at radius 1 is 1.20 bits per heavy atom. The summed E-state index contributed by atoms with van der Waals surface area (Å²) in [6, 6.07) is 5.91. The van der Waals surface area contributed by atoms with E-state index in [4.69, 9.17) is 4.74 Å². The molecule has 0 spiro atoms. The van der Waals surface area contributed by atoms with Gasteiger partial charge in [0, 0.05) is 6.07 Å². The summed E-state index contributed by atoms with van der Waals surface area (Å²) >= 11 is 2.99. The lowest BCUT2D eigenvalue weighted by atomic mass is 10.2. The fraction of sp³-hybridized carbons (Fsp3) is 0.0769. The fourth-order valence-corrected chi connectivity index (χ4v) is 1.78. The zero-order chi connectivity index (χ0) is 14.9. The van der Waals surface area contributed by atoms with Gasteiger partial charge in [0.1, 0.15) is 17.4 Å². The van der Waals surface area contributed by atoms with Crippen LogP contribution in [0.15, 0.2) is 34.8 Å². The van der Waals surface area contributed by atoms with Gasteiger partial charge in [-0.25, -0.2) is 8.78 Å². The summed E-state index contributed by atoms with van der Waals surface area (Å²) in [5.41, 5.74) is -0.320. The largest absolute Gasteiger partial charge is 0.450 e. The number of ether oxygens (including phenoxy) is 1. The highest BCUT2D eigenvalue weighted by atomic mass is 79.9. The van der Waals surface area contributed by atoms with Gasteiger partial charge < -0.3 is 4.74 Å². The minimum atomic E-state index is -0.757. The lowest BCUT2D eigenvalue weighted by Gasteiger charge is -2.08. The van der Waals surface area contributed by atoms with Crippen LogP contribution in [-0.2, 0) is 0 Å². The van der Waals surface area contributed by atoms with Gasteiger partial charge in [-0.3, -0.25) is 10.1 Å². The maximum Gasteiger partial charge on any atom is 0.314 e. The van der Waals surface area contributed by atoms with Crippen molar-refractivity contribution in [3.05, 3.63) is 62.1 Å². The van der Waals surface area contributed by atoms with E-state index in [1.165, 1.54) is 25.1 Å². The molecule has 0 amide bonds. The standard InChI is InChI=1S/C13H8BrF2NO3/c1-7-4-13(12(17(18)19)6-10(7)15)20-8-2-3-9(14)11(16)5-8/h2-6H,1H3. The molecule has 2 aromatic rings. The normalized spacial score (nSPS) is 10.4. The molecule has 0 aromatic heterocycles. The molecule has 0 fully saturated rings. The molecule has 0 N–H and O–H groups in total. The zero-order valence-corrected chi connectivity index (χ0v) is 11.8. The van der Waals surface area contributed by atoms with E-state index < -0.39 is 22.2 Å². The van der Waals surface area contributed by atoms with Crippen LogP contribution in [-0.4, -0.2) is 4.92 Å². The predicted octanol–water partition coefficient (Wildman–Crippen LogP) is 4.74. The number of benzene rings is 2. The van der Waals surface area contributed by atoms with Gasteiger partial charge in [-0.05, 0) is 46.6 Å². The molecule has 0 saturated carbocycles. The monoisotopic (exact) mass is 343 g/mol. The Bertz CT molecular complexity index is 692. The number of nitro benzene ring substituents is 1. The van der Waals surface area contributed by atoms with Gasteiger partial charge in [-0.1, -0.05) is 0 Å². The van der Waals surface area contributed by atoms with E-state index in [0.29, 0.717) is 0 Å². The highest BCUT2D eigenvalue weighted by Gasteiger charge is 2.19. The molecule has 7 heteroatoms. The first-order valence-corrected chi connectivity index (χ1v) is 6.25. The van der Waals surface area contributed by atoms with E-state index in [2.05, 4.69) is 15.9 Å². The first-order valence-electron chi connectivity index (χ1n) is 5.46. The molecule has 0 unspecified atom stereocenters. The van der Waals surface area contributed by atoms with Crippen molar-refractivity contribution < 1.29 is 18.4 Å². The van der Waals surface area contributed by atoms with Gasteiger partial charge in [-0.2, -0.15) is 0 Å². The molecular weight excluding hydrogens is 336 g/mol. The van der Waals surface area contributed by atoms with Gasteiger partial charge in [0.15, 0.2) is 0 Å². The highest BCUT2D eigenvalue weighted by molar-refractivity contribution is 9.10. The SMILES string of the molecule is Cc1cc(Oc2ccc(Br)c(F)c2)c([N+](=O)[O-])cc1F. The van der Waals surface area contributed by atoms with E-state index in [9.17, 15) is 18.9 Å². The average molecular weight is 344 g/mol. The van der Waals surface area contributed by atoms with E-state index in [-0.39, 0.29) is 21.5 Å². The molecule has 4 nitrogen and oxygen atoms in total. The maximum atomic E-state index is 13.4. The van der Waals surface area contributed by atoms with Gasteiger partial charge in [0.2, 0.25) is 5.75 Å². The molecule has 2 aromatic carbocycles. The van der Waals surface area contributed by atoms with Gasteiger partial charge in [-0.15, -0.1) is 0 Å². The lowest BCUT2D eigenvalue weighted by molar-refractivity contribution is -0.385. The van der Waals surface area contributed by atoms with Gasteiger partial charge in [0.25, 0.3) is 0 Å². The van der Waals surface area contributed by atoms with Gasteiger partial charge in [0.05, 0.1) is 15.5 Å². The molecule has 0 aliphatic heterocycles. The number of aryl methyl sites for hydroxylation is 1. The van der Waals surface area contributed by atoms with Crippen molar-refractivity contribution in [2.24, 2.45) is 0 Å². The lowest BCUT2D eigenvalue weighted by Crippen LogP contribution is -1.96. The summed E-state index contributed by atoms with van der Waals surface area (Å²) in [4.78, 5) is 10.1. The molecule has 0 saturated heterocycles. The molecule has 0 bridgehead atoms. The van der Waals surface area contributed by atoms with E-state index in [1.54, 1.807) is 0 Å². The van der Waals surface area contributed by atoms with Crippen LogP contribution in [0.4, 0.5) is 14.5 Å². The first kappa shape index (κ1) is 14.4. The number of halogens is 3. The second kappa shape index (κ2) is 5.54. The highest BCUT2D eigenvalue weighted by Crippen LogP contribution is 2.34. The van der Waals surface area contributed by atoms with Crippen LogP contribution in [0.1, 0.15) is 5.56 Å². The number of rotatable bonds is 3. The van der Waals surface area contributed by atoms with Gasteiger partial charge >= 0.3 is 5.69 Å². The number of nitro groups is 1. The third kappa shape index (κ3) is 2.93. The molecule has 0 heterocycles. The molecule has 20 heavy (non-hydrogen) atoms. The Kier molecular flexibility index (Phi) is 3.99. The summed E-state index contributed by atoms with van der Waals surface area (Å²) in [5, 5.41) is 10.9. The molecule has 2 rings (SSSR count). The van der Waals surface area contributed by atoms with Crippen LogP contribution in [0.25, 0.3) is 0 Å². The zero-order valence-electron chi connectivity index (χ0n) is 10.2. The maximum absolute atomic E-state index is 13.4. The first-order chi connectivity index (χ1) is 9.38. The van der Waals surface area contributed by atoms with Crippen molar-refractivity contribution in [3.63, 3.8) is 0 Å². The second-order valence-electron chi connectivity index (χ2n) is 4.00. The fourth-order valence-electron chi connectivity index (χ4n) is 1.54. The molecule has 0 aliphatic carbocycles. The smallest absolute Gasteiger partial charge is 0.314 e. The second-order valence-corrected chi connectivity index (χ2v) is 4.86. The number of hydrogen-bond donors (Lipinski definition) is 0. The van der Waals surface area contributed by atoms with E-state index >= 15 is 0 Å². The molecule has 0 atom stereocenters. The summed E-state index contributed by atoms with van der Waals surface area (Å²) in [7, 11) is 0. The third-order valence-corrected chi connectivity index (χ3v) is 3.20. The van der Waals surface area contributed by atoms with E-state index in [1.807, 2.05) is 0 Å². The van der Waals surface area contributed by atoms with Crippen molar-refractivity contribution in [1.29, 1.82) is 0 Å². The van der Waals surface area contributed by atoms with Crippen molar-refractivity contribution in [2.75, 3.05) is 0 Å². The minimum absolute atomic E-state index is 0.0832. The van der Waals surface area contributed by atoms with Crippen LogP contribution in [0.3, 0.4) is 0 Å². The van der Waals surface area contributed by atoms with Crippen molar-refractivity contribution in [2.45, 2.75) is 6.92 Å². The quantitative estimate of drug-likeness (QED) is 0.597. The van der Waals surface area contributed by atoms with Crippen molar-refractivity contribution in [3.8, 4) is 11.5 Å². The number of hydrogen-bond acceptors (Lipinski definition) is 3. The molecule has 104 valence electrons. The van der Waals surface area contributed by atoms with Crippen molar-refractivity contribution >= 4 is 21.6 Å². The van der Waals surface area contributed by atoms with E-state index in [0.717, 1.165) is 12.1 Å². The Labute approximate surface area is 121 Å². The molecule has 0 aliphatic rings. The summed E-state index contributed by atoms with van der Waals surface area (Å²) in [6.45, 7) is 1.45. The minimum Gasteiger partial charge on any atom is -0.450 e. The topological polar surface area (TPSA) is 52.4 Å². The number of nitrogens with zero attached hydrogens (tertiary/aromatic N) is 1. The Hall–Kier alpha value is -2.02. The summed E-state index contributed by atoms with van der Waals surface area (Å²) in [6.07, 6.45) is 0. The summed E-state index contributed by atoms with van der Waals surface area (Å²) < 4.78 is 32.2. The van der Waals surface area contributed by atoms with Crippen LogP contribution < -0.4 is 4.74 Å². The summed E-state index contributed by atoms with van der Waals surface area (Å²) in [5.74, 6) is -1.33. The van der Waals surface area contributed by atoms with Crippen LogP contribution in [0.2, 0.25) is 0 Å². The van der Waals surface area contributed by atoms with Crippen LogP contribution in [0.5, 0.6) is 11.5 Å². The average Bonchev–Trinajstić information content (AvgIpc) is 2.37. The Balaban J connectivity index is 2.44. The van der Waals surface area contributed by atoms with Crippen molar-refractivity contribution in [1.82, 2.24) is 0 Å². The van der Waals surface area contributed by atoms with Crippen LogP contribution in [0, 0.1) is 28.7 Å². The Morgan fingerprint density at radius 2 is 1.90 bits per heavy atom. The van der Waals surface area contributed by atoms with Crippen LogP contribution >= 0.6 is 15.9 Å². The molecular formula is C13H8BrF2NO3. The third-order valence-electron chi connectivity index (χ3n) is 2.56. The Morgan fingerprint density at radius 3 is 2.50 bits per heavy atom.